The Kier molecular flexibility index (Phi) is 10.0. The molecule has 4 unspecified atom stereocenters. The number of benzene rings is 4. The van der Waals surface area contributed by atoms with Crippen LogP contribution in [-0.2, 0) is 12.8 Å². The maximum Gasteiger partial charge on any atom is 0.0489 e. The highest BCUT2D eigenvalue weighted by molar-refractivity contribution is 5.80. The largest absolute Gasteiger partial charge is 0.338 e. The number of hydrogen-bond acceptors (Lipinski definition) is 2. The minimum Gasteiger partial charge on any atom is -0.338 e. The first-order chi connectivity index (χ1) is 23.1. The molecule has 2 nitrogen and oxygen atoms in total. The quantitative estimate of drug-likeness (QED) is 0.178. The lowest BCUT2D eigenvalue weighted by molar-refractivity contribution is 0.601. The average molecular weight is 637 g/mol. The first kappa shape index (κ1) is 33.8. The van der Waals surface area contributed by atoms with E-state index >= 15 is 0 Å². The molecule has 0 saturated heterocycles. The molecule has 48 heavy (non-hydrogen) atoms. The van der Waals surface area contributed by atoms with E-state index in [0.29, 0.717) is 18.0 Å². The number of para-hydroxylation sites is 1. The smallest absolute Gasteiger partial charge is 0.0489 e. The van der Waals surface area contributed by atoms with Crippen LogP contribution in [-0.4, -0.2) is 12.1 Å². The maximum atomic E-state index is 4.60. The fourth-order valence-corrected chi connectivity index (χ4v) is 8.61. The Bertz CT molecular complexity index is 1820. The summed E-state index contributed by atoms with van der Waals surface area (Å²) < 4.78 is 0. The monoisotopic (exact) mass is 636 g/mol. The van der Waals surface area contributed by atoms with Gasteiger partial charge < -0.3 is 9.80 Å². The zero-order valence-corrected chi connectivity index (χ0v) is 30.7. The number of rotatable bonds is 8. The van der Waals surface area contributed by atoms with Gasteiger partial charge in [-0.2, -0.15) is 0 Å². The predicted octanol–water partition coefficient (Wildman–Crippen LogP) is 12.9. The van der Waals surface area contributed by atoms with Gasteiger partial charge in [0.1, 0.15) is 0 Å². The Balaban J connectivity index is 1.40. The van der Waals surface area contributed by atoms with Crippen LogP contribution in [0.15, 0.2) is 96.6 Å². The zero-order chi connectivity index (χ0) is 34.1. The second-order valence-corrected chi connectivity index (χ2v) is 15.1. The molecule has 4 atom stereocenters. The van der Waals surface area contributed by atoms with E-state index in [-0.39, 0.29) is 5.92 Å². The summed E-state index contributed by atoms with van der Waals surface area (Å²) in [6.07, 6.45) is 9.34. The minimum absolute atomic E-state index is 0.262. The van der Waals surface area contributed by atoms with Crippen molar-refractivity contribution >= 4 is 28.8 Å². The van der Waals surface area contributed by atoms with E-state index in [1.165, 1.54) is 92.1 Å². The van der Waals surface area contributed by atoms with E-state index in [2.05, 4.69) is 157 Å². The minimum atomic E-state index is 0.262. The maximum absolute atomic E-state index is 4.60. The van der Waals surface area contributed by atoms with Crippen LogP contribution in [0.5, 0.6) is 0 Å². The fraction of sp³-hybridized carbons (Fsp3) is 0.391. The molecule has 2 aliphatic rings. The summed E-state index contributed by atoms with van der Waals surface area (Å²) >= 11 is 0. The third kappa shape index (κ3) is 6.51. The Morgan fingerprint density at radius 1 is 0.750 bits per heavy atom. The van der Waals surface area contributed by atoms with Gasteiger partial charge in [0.05, 0.1) is 0 Å². The summed E-state index contributed by atoms with van der Waals surface area (Å²) in [5.41, 5.74) is 17.9. The first-order valence-corrected chi connectivity index (χ1v) is 18.3. The van der Waals surface area contributed by atoms with Crippen molar-refractivity contribution in [3.05, 3.63) is 136 Å². The molecule has 250 valence electrons. The highest BCUT2D eigenvalue weighted by Gasteiger charge is 2.30. The van der Waals surface area contributed by atoms with Gasteiger partial charge in [0.25, 0.3) is 0 Å². The molecule has 0 spiro atoms. The summed E-state index contributed by atoms with van der Waals surface area (Å²) in [5.74, 6) is 0.605. The lowest BCUT2D eigenvalue weighted by Gasteiger charge is -2.39. The molecule has 4 aromatic carbocycles. The zero-order valence-electron chi connectivity index (χ0n) is 30.7. The van der Waals surface area contributed by atoms with Crippen LogP contribution in [0.25, 0.3) is 6.08 Å². The van der Waals surface area contributed by atoms with Crippen molar-refractivity contribution in [3.8, 4) is 0 Å². The molecule has 0 radical (unpaired) electrons. The Morgan fingerprint density at radius 2 is 1.38 bits per heavy atom. The topological polar surface area (TPSA) is 6.48 Å². The molecule has 2 heterocycles. The number of hydrogen-bond donors (Lipinski definition) is 0. The SMILES string of the molecule is C=C(C)C(CC(C)c1cccc(N2c3cccc(C)c3CCC2C)c1C=C(C)C)c1cccc(N2c3ccccc3CCCC2C)c1C. The molecule has 0 aromatic heterocycles. The van der Waals surface area contributed by atoms with Crippen molar-refractivity contribution in [3.63, 3.8) is 0 Å². The van der Waals surface area contributed by atoms with Gasteiger partial charge in [-0.05, 0) is 151 Å². The van der Waals surface area contributed by atoms with Gasteiger partial charge in [-0.3, -0.25) is 0 Å². The number of fused-ring (bicyclic) bond motifs is 2. The Labute approximate surface area is 291 Å². The van der Waals surface area contributed by atoms with E-state index in [9.17, 15) is 0 Å². The highest BCUT2D eigenvalue weighted by Crippen LogP contribution is 2.46. The summed E-state index contributed by atoms with van der Waals surface area (Å²) in [7, 11) is 0. The van der Waals surface area contributed by atoms with Gasteiger partial charge in [-0.1, -0.05) is 85.3 Å². The van der Waals surface area contributed by atoms with Gasteiger partial charge in [0, 0.05) is 46.3 Å². The second-order valence-electron chi connectivity index (χ2n) is 15.1. The molecule has 0 fully saturated rings. The van der Waals surface area contributed by atoms with Crippen molar-refractivity contribution in [1.82, 2.24) is 0 Å². The highest BCUT2D eigenvalue weighted by atomic mass is 15.2. The number of anilines is 4. The number of nitrogens with zero attached hydrogens (tertiary/aromatic N) is 2. The molecule has 0 aliphatic carbocycles. The third-order valence-corrected chi connectivity index (χ3v) is 11.2. The van der Waals surface area contributed by atoms with Crippen LogP contribution < -0.4 is 9.80 Å². The van der Waals surface area contributed by atoms with Crippen LogP contribution in [0.4, 0.5) is 22.7 Å². The van der Waals surface area contributed by atoms with Crippen molar-refractivity contribution in [2.24, 2.45) is 0 Å². The molecule has 2 heteroatoms. The van der Waals surface area contributed by atoms with Crippen molar-refractivity contribution in [2.45, 2.75) is 118 Å². The van der Waals surface area contributed by atoms with Gasteiger partial charge in [-0.25, -0.2) is 0 Å². The normalized spacial score (nSPS) is 18.8. The molecule has 0 N–H and O–H groups in total. The molecule has 0 bridgehead atoms. The third-order valence-electron chi connectivity index (χ3n) is 11.2. The predicted molar refractivity (Wildman–Crippen MR) is 210 cm³/mol. The van der Waals surface area contributed by atoms with Gasteiger partial charge in [0.15, 0.2) is 0 Å². The van der Waals surface area contributed by atoms with Gasteiger partial charge in [0.2, 0.25) is 0 Å². The summed E-state index contributed by atoms with van der Waals surface area (Å²) in [4.78, 5) is 5.25. The molecule has 0 amide bonds. The molecule has 0 saturated carbocycles. The van der Waals surface area contributed by atoms with E-state index in [1.807, 2.05) is 0 Å². The van der Waals surface area contributed by atoms with E-state index < -0.39 is 0 Å². The van der Waals surface area contributed by atoms with Crippen LogP contribution in [0.1, 0.15) is 118 Å². The Morgan fingerprint density at radius 3 is 2.12 bits per heavy atom. The van der Waals surface area contributed by atoms with Gasteiger partial charge in [-0.15, -0.1) is 0 Å². The van der Waals surface area contributed by atoms with Crippen LogP contribution >= 0.6 is 0 Å². The fourth-order valence-electron chi connectivity index (χ4n) is 8.61. The second kappa shape index (κ2) is 14.2. The first-order valence-electron chi connectivity index (χ1n) is 18.3. The van der Waals surface area contributed by atoms with Crippen LogP contribution in [0.3, 0.4) is 0 Å². The van der Waals surface area contributed by atoms with E-state index in [1.54, 1.807) is 0 Å². The van der Waals surface area contributed by atoms with Crippen molar-refractivity contribution in [2.75, 3.05) is 9.80 Å². The van der Waals surface area contributed by atoms with E-state index in [4.69, 9.17) is 0 Å². The lowest BCUT2D eigenvalue weighted by atomic mass is 9.79. The van der Waals surface area contributed by atoms with Crippen LogP contribution in [0, 0.1) is 13.8 Å². The molecular weight excluding hydrogens is 581 g/mol. The summed E-state index contributed by atoms with van der Waals surface area (Å²) in [6.45, 7) is 23.1. The Hall–Kier alpha value is -4.04. The standard InChI is InChI=1S/C46H56N2/c1-30(2)28-42-38(20-14-25-46(42)48-35(8)26-27-39-32(5)16-12-24-45(39)48)33(6)29-41(31(3)4)40-21-15-23-43(36(40)9)47-34(7)17-13-19-37-18-10-11-22-44(37)47/h10-12,14-16,18,20-25,28,33-35,41H,3,13,17,19,26-27,29H2,1-2,4-9H3. The molecule has 2 aliphatic heterocycles. The molecule has 4 aromatic rings. The number of aryl methyl sites for hydroxylation is 2. The van der Waals surface area contributed by atoms with Gasteiger partial charge >= 0.3 is 0 Å². The summed E-state index contributed by atoms with van der Waals surface area (Å²) in [6, 6.07) is 30.8. The number of allylic oxidation sites excluding steroid dienone is 2. The molecular formula is C46H56N2. The average Bonchev–Trinajstić information content (AvgIpc) is 3.22. The van der Waals surface area contributed by atoms with Crippen molar-refractivity contribution < 1.29 is 0 Å². The summed E-state index contributed by atoms with van der Waals surface area (Å²) in [5, 5.41) is 0. The lowest BCUT2D eigenvalue weighted by Crippen LogP contribution is -2.34. The molecule has 6 rings (SSSR count). The van der Waals surface area contributed by atoms with Crippen LogP contribution in [0.2, 0.25) is 0 Å². The van der Waals surface area contributed by atoms with Crippen molar-refractivity contribution in [1.29, 1.82) is 0 Å². The van der Waals surface area contributed by atoms with E-state index in [0.717, 1.165) is 19.3 Å².